The van der Waals surface area contributed by atoms with Crippen LogP contribution in [0.15, 0.2) is 39.9 Å². The smallest absolute Gasteiger partial charge is 0.308 e. The lowest BCUT2D eigenvalue weighted by atomic mass is 9.97. The maximum absolute atomic E-state index is 11.7. The molecule has 1 aromatic heterocycles. The number of hydrogen-bond donors (Lipinski definition) is 1. The fourth-order valence-corrected chi connectivity index (χ4v) is 3.45. The molecule has 0 atom stereocenters. The summed E-state index contributed by atoms with van der Waals surface area (Å²) in [5.74, 6) is 1.41. The van der Waals surface area contributed by atoms with Gasteiger partial charge >= 0.3 is 5.97 Å². The van der Waals surface area contributed by atoms with Gasteiger partial charge in [0, 0.05) is 38.2 Å². The van der Waals surface area contributed by atoms with Crippen LogP contribution in [0.2, 0.25) is 0 Å². The Morgan fingerprint density at radius 3 is 2.63 bits per heavy atom. The molecule has 8 heteroatoms. The largest absolute Gasteiger partial charge is 0.469 e. The second kappa shape index (κ2) is 11.9. The minimum Gasteiger partial charge on any atom is -0.469 e. The van der Waals surface area contributed by atoms with Gasteiger partial charge in [-0.2, -0.15) is 0 Å². The van der Waals surface area contributed by atoms with Gasteiger partial charge in [0.15, 0.2) is 5.96 Å². The van der Waals surface area contributed by atoms with Crippen molar-refractivity contribution in [3.05, 3.63) is 41.8 Å². The Labute approximate surface area is 195 Å². The topological polar surface area (TPSA) is 80.0 Å². The van der Waals surface area contributed by atoms with E-state index in [-0.39, 0.29) is 35.9 Å². The van der Waals surface area contributed by atoms with Crippen molar-refractivity contribution in [1.29, 1.82) is 0 Å². The van der Waals surface area contributed by atoms with Gasteiger partial charge in [-0.05, 0) is 38.8 Å². The van der Waals surface area contributed by atoms with Gasteiger partial charge in [-0.15, -0.1) is 24.0 Å². The molecule has 30 heavy (non-hydrogen) atoms. The number of aryl methyl sites for hydroxylation is 1. The number of nitrogens with one attached hydrogen (secondary N) is 1. The first-order chi connectivity index (χ1) is 14.1. The van der Waals surface area contributed by atoms with E-state index >= 15 is 0 Å². The molecular formula is C22H31IN4O3. The van der Waals surface area contributed by atoms with Gasteiger partial charge in [-0.1, -0.05) is 17.7 Å². The molecule has 1 N–H and O–H groups in total. The number of rotatable bonds is 6. The number of oxazole rings is 1. The standard InChI is InChI=1S/C22H30N4O3.HI/c1-4-23-22(26-13-10-18(11-14-26)21(27)28-3)24-12-9-19-15-29-20(25-19)17-7-5-16(2)6-8-17;/h5-8,15,18H,4,9-14H2,1-3H3,(H,23,24);1H. The molecule has 2 aromatic rings. The number of guanidine groups is 1. The van der Waals surface area contributed by atoms with Gasteiger partial charge in [-0.25, -0.2) is 4.98 Å². The number of likely N-dealkylation sites (tertiary alicyclic amines) is 1. The minimum atomic E-state index is -0.109. The van der Waals surface area contributed by atoms with Crippen LogP contribution in [0.1, 0.15) is 31.0 Å². The quantitative estimate of drug-likeness (QED) is 0.268. The summed E-state index contributed by atoms with van der Waals surface area (Å²) >= 11 is 0. The van der Waals surface area contributed by atoms with Crippen molar-refractivity contribution < 1.29 is 13.9 Å². The Balaban J connectivity index is 0.00000320. The van der Waals surface area contributed by atoms with Crippen LogP contribution in [-0.2, 0) is 16.0 Å². The highest BCUT2D eigenvalue weighted by Gasteiger charge is 2.26. The third-order valence-corrected chi connectivity index (χ3v) is 5.14. The summed E-state index contributed by atoms with van der Waals surface area (Å²) in [4.78, 5) is 23.3. The molecule has 164 valence electrons. The highest BCUT2D eigenvalue weighted by molar-refractivity contribution is 14.0. The van der Waals surface area contributed by atoms with E-state index < -0.39 is 0 Å². The van der Waals surface area contributed by atoms with Crippen molar-refractivity contribution in [3.8, 4) is 11.5 Å². The summed E-state index contributed by atoms with van der Waals surface area (Å²) in [7, 11) is 1.45. The zero-order valence-corrected chi connectivity index (χ0v) is 20.2. The summed E-state index contributed by atoms with van der Waals surface area (Å²) in [6, 6.07) is 8.14. The normalized spacial score (nSPS) is 14.9. The highest BCUT2D eigenvalue weighted by atomic mass is 127. The van der Waals surface area contributed by atoms with Crippen molar-refractivity contribution in [2.75, 3.05) is 33.3 Å². The van der Waals surface area contributed by atoms with E-state index in [1.54, 1.807) is 6.26 Å². The third kappa shape index (κ3) is 6.45. The molecule has 2 heterocycles. The summed E-state index contributed by atoms with van der Waals surface area (Å²) in [6.45, 7) is 7.14. The molecule has 7 nitrogen and oxygen atoms in total. The van der Waals surface area contributed by atoms with Crippen LogP contribution >= 0.6 is 24.0 Å². The maximum atomic E-state index is 11.7. The number of carbonyl (C=O) groups is 1. The number of esters is 1. The molecule has 0 saturated carbocycles. The molecule has 3 rings (SSSR count). The molecule has 1 aromatic carbocycles. The molecular weight excluding hydrogens is 495 g/mol. The molecule has 0 unspecified atom stereocenters. The number of piperidine rings is 1. The molecule has 1 saturated heterocycles. The van der Waals surface area contributed by atoms with E-state index in [9.17, 15) is 4.79 Å². The van der Waals surface area contributed by atoms with Crippen molar-refractivity contribution in [1.82, 2.24) is 15.2 Å². The number of benzene rings is 1. The van der Waals surface area contributed by atoms with E-state index in [1.807, 2.05) is 12.1 Å². The Morgan fingerprint density at radius 2 is 2.00 bits per heavy atom. The third-order valence-electron chi connectivity index (χ3n) is 5.14. The molecule has 0 bridgehead atoms. The Hall–Kier alpha value is -2.10. The lowest BCUT2D eigenvalue weighted by molar-refractivity contribution is -0.146. The van der Waals surface area contributed by atoms with Crippen molar-refractivity contribution >= 4 is 35.9 Å². The lowest BCUT2D eigenvalue weighted by Gasteiger charge is -2.33. The molecule has 0 amide bonds. The first kappa shape index (κ1) is 24.2. The first-order valence-electron chi connectivity index (χ1n) is 10.2. The van der Waals surface area contributed by atoms with Crippen molar-refractivity contribution in [2.45, 2.75) is 33.1 Å². The number of methoxy groups -OCH3 is 1. The summed E-state index contributed by atoms with van der Waals surface area (Å²) in [5.41, 5.74) is 3.08. The van der Waals surface area contributed by atoms with Crippen molar-refractivity contribution in [2.24, 2.45) is 10.9 Å². The molecule has 0 spiro atoms. The van der Waals surface area contributed by atoms with Crippen LogP contribution in [-0.4, -0.2) is 55.1 Å². The predicted molar refractivity (Wildman–Crippen MR) is 128 cm³/mol. The van der Waals surface area contributed by atoms with Crippen LogP contribution in [0, 0.1) is 12.8 Å². The number of hydrogen-bond acceptors (Lipinski definition) is 5. The van der Waals surface area contributed by atoms with Gasteiger partial charge in [0.25, 0.3) is 0 Å². The second-order valence-corrected chi connectivity index (χ2v) is 7.28. The van der Waals surface area contributed by atoms with E-state index in [1.165, 1.54) is 12.7 Å². The van der Waals surface area contributed by atoms with Crippen LogP contribution < -0.4 is 5.32 Å². The lowest BCUT2D eigenvalue weighted by Crippen LogP contribution is -2.46. The van der Waals surface area contributed by atoms with Gasteiger partial charge in [0.2, 0.25) is 5.89 Å². The number of ether oxygens (including phenoxy) is 1. The van der Waals surface area contributed by atoms with Gasteiger partial charge in [0.1, 0.15) is 6.26 Å². The molecule has 1 aliphatic heterocycles. The fourth-order valence-electron chi connectivity index (χ4n) is 3.45. The fraction of sp³-hybridized carbons (Fsp3) is 0.500. The summed E-state index contributed by atoms with van der Waals surface area (Å²) < 4.78 is 10.5. The second-order valence-electron chi connectivity index (χ2n) is 7.28. The van der Waals surface area contributed by atoms with Crippen LogP contribution in [0.5, 0.6) is 0 Å². The number of aromatic nitrogens is 1. The Morgan fingerprint density at radius 1 is 1.30 bits per heavy atom. The zero-order valence-electron chi connectivity index (χ0n) is 17.9. The Bertz CT molecular complexity index is 827. The summed E-state index contributed by atoms with van der Waals surface area (Å²) in [5, 5.41) is 3.35. The average Bonchev–Trinajstić information content (AvgIpc) is 3.22. The molecule has 1 fully saturated rings. The zero-order chi connectivity index (χ0) is 20.6. The van der Waals surface area contributed by atoms with E-state index in [4.69, 9.17) is 14.1 Å². The number of carbonyl (C=O) groups excluding carboxylic acids is 1. The molecule has 0 radical (unpaired) electrons. The van der Waals surface area contributed by atoms with Crippen LogP contribution in [0.4, 0.5) is 0 Å². The first-order valence-corrected chi connectivity index (χ1v) is 10.2. The molecule has 1 aliphatic rings. The molecule has 0 aliphatic carbocycles. The van der Waals surface area contributed by atoms with Crippen LogP contribution in [0.25, 0.3) is 11.5 Å². The maximum Gasteiger partial charge on any atom is 0.308 e. The number of halogens is 1. The van der Waals surface area contributed by atoms with E-state index in [0.29, 0.717) is 18.9 Å². The predicted octanol–water partition coefficient (Wildman–Crippen LogP) is 3.66. The Kier molecular flexibility index (Phi) is 9.61. The van der Waals surface area contributed by atoms with Crippen molar-refractivity contribution in [3.63, 3.8) is 0 Å². The number of nitrogens with zero attached hydrogens (tertiary/aromatic N) is 3. The van der Waals surface area contributed by atoms with Gasteiger partial charge in [-0.3, -0.25) is 9.79 Å². The van der Waals surface area contributed by atoms with Crippen LogP contribution in [0.3, 0.4) is 0 Å². The SMILES string of the molecule is CCNC(=NCCc1coc(-c2ccc(C)cc2)n1)N1CCC(C(=O)OC)CC1.I. The van der Waals surface area contributed by atoms with Gasteiger partial charge < -0.3 is 19.4 Å². The summed E-state index contributed by atoms with van der Waals surface area (Å²) in [6.07, 6.45) is 4.00. The van der Waals surface area contributed by atoms with E-state index in [0.717, 1.165) is 49.7 Å². The van der Waals surface area contributed by atoms with E-state index in [2.05, 4.69) is 41.2 Å². The number of aliphatic imine (C=N–C) groups is 1. The van der Waals surface area contributed by atoms with Gasteiger partial charge in [0.05, 0.1) is 18.7 Å². The average molecular weight is 526 g/mol. The monoisotopic (exact) mass is 526 g/mol. The highest BCUT2D eigenvalue weighted by Crippen LogP contribution is 2.20. The minimum absolute atomic E-state index is 0.